The van der Waals surface area contributed by atoms with Gasteiger partial charge >= 0.3 is 0 Å². The number of anilines is 1. The first kappa shape index (κ1) is 15.4. The third kappa shape index (κ3) is 3.98. The average Bonchev–Trinajstić information content (AvgIpc) is 2.85. The fourth-order valence-corrected chi connectivity index (χ4v) is 2.33. The van der Waals surface area contributed by atoms with Gasteiger partial charge in [0.2, 0.25) is 0 Å². The molecule has 0 aliphatic carbocycles. The lowest BCUT2D eigenvalue weighted by Crippen LogP contribution is -2.34. The number of nitrogen functional groups attached to an aromatic ring is 1. The minimum Gasteiger partial charge on any atom is -0.399 e. The predicted octanol–water partition coefficient (Wildman–Crippen LogP) is 2.28. The van der Waals surface area contributed by atoms with Gasteiger partial charge in [-0.25, -0.2) is 0 Å². The topological polar surface area (TPSA) is 91.1 Å². The lowest BCUT2D eigenvalue weighted by molar-refractivity contribution is 0.0929. The number of fused-ring (bicyclic) bond motifs is 1. The second-order valence-electron chi connectivity index (χ2n) is 6.20. The van der Waals surface area contributed by atoms with Crippen LogP contribution in [0, 0.1) is 5.41 Å². The monoisotopic (exact) mass is 289 g/mol. The summed E-state index contributed by atoms with van der Waals surface area (Å²) in [6.45, 7) is 4.91. The van der Waals surface area contributed by atoms with E-state index in [4.69, 9.17) is 10.8 Å². The smallest absolute Gasteiger partial charge is 0.267 e. The number of aromatic nitrogens is 1. The van der Waals surface area contributed by atoms with Gasteiger partial charge in [-0.3, -0.25) is 4.79 Å². The van der Waals surface area contributed by atoms with Crippen molar-refractivity contribution in [1.29, 1.82) is 0 Å². The van der Waals surface area contributed by atoms with Gasteiger partial charge in [-0.1, -0.05) is 13.8 Å². The van der Waals surface area contributed by atoms with Gasteiger partial charge in [-0.05, 0) is 42.5 Å². The highest BCUT2D eigenvalue weighted by Gasteiger charge is 2.19. The number of nitrogens with one attached hydrogen (secondary N) is 2. The Bertz CT molecular complexity index is 631. The van der Waals surface area contributed by atoms with Crippen LogP contribution >= 0.6 is 0 Å². The van der Waals surface area contributed by atoms with Crippen molar-refractivity contribution in [1.82, 2.24) is 10.3 Å². The van der Waals surface area contributed by atoms with E-state index in [-0.39, 0.29) is 17.9 Å². The Balaban J connectivity index is 2.02. The lowest BCUT2D eigenvalue weighted by Gasteiger charge is -2.24. The molecule has 0 aliphatic heterocycles. The molecule has 5 nitrogen and oxygen atoms in total. The van der Waals surface area contributed by atoms with E-state index in [1.165, 1.54) is 0 Å². The van der Waals surface area contributed by atoms with Gasteiger partial charge in [0.15, 0.2) is 0 Å². The fraction of sp³-hybridized carbons (Fsp3) is 0.438. The number of aliphatic hydroxyl groups is 1. The molecule has 1 heterocycles. The molecule has 1 aromatic carbocycles. The van der Waals surface area contributed by atoms with Gasteiger partial charge in [-0.15, -0.1) is 0 Å². The zero-order valence-electron chi connectivity index (χ0n) is 12.6. The number of hydrogen-bond acceptors (Lipinski definition) is 3. The molecule has 0 radical (unpaired) electrons. The van der Waals surface area contributed by atoms with E-state index in [1.807, 2.05) is 18.2 Å². The maximum absolute atomic E-state index is 12.2. The van der Waals surface area contributed by atoms with Crippen LogP contribution in [0.25, 0.3) is 10.9 Å². The van der Waals surface area contributed by atoms with Crippen LogP contribution in [0.5, 0.6) is 0 Å². The Morgan fingerprint density at radius 2 is 2.14 bits per heavy atom. The van der Waals surface area contributed by atoms with Crippen molar-refractivity contribution in [3.8, 4) is 0 Å². The van der Waals surface area contributed by atoms with Crippen molar-refractivity contribution >= 4 is 22.5 Å². The van der Waals surface area contributed by atoms with Crippen molar-refractivity contribution in [3.63, 3.8) is 0 Å². The summed E-state index contributed by atoms with van der Waals surface area (Å²) in [6.07, 6.45) is 1.61. The molecular weight excluding hydrogens is 266 g/mol. The van der Waals surface area contributed by atoms with Gasteiger partial charge in [0.1, 0.15) is 5.69 Å². The fourth-order valence-electron chi connectivity index (χ4n) is 2.33. The van der Waals surface area contributed by atoms with Gasteiger partial charge in [-0.2, -0.15) is 0 Å². The Morgan fingerprint density at radius 3 is 2.86 bits per heavy atom. The molecule has 1 aromatic heterocycles. The number of amides is 1. The molecule has 2 aromatic rings. The minimum absolute atomic E-state index is 0.0329. The number of benzene rings is 1. The van der Waals surface area contributed by atoms with Crippen molar-refractivity contribution < 1.29 is 9.90 Å². The summed E-state index contributed by atoms with van der Waals surface area (Å²) < 4.78 is 0. The van der Waals surface area contributed by atoms with Crippen molar-refractivity contribution in [2.45, 2.75) is 26.7 Å². The molecule has 114 valence electrons. The van der Waals surface area contributed by atoms with E-state index in [1.54, 1.807) is 6.07 Å². The van der Waals surface area contributed by atoms with Gasteiger partial charge in [0.05, 0.1) is 0 Å². The predicted molar refractivity (Wildman–Crippen MR) is 85.1 cm³/mol. The Labute approximate surface area is 124 Å². The number of carbonyl (C=O) groups excluding carboxylic acids is 1. The number of carbonyl (C=O) groups is 1. The maximum atomic E-state index is 12.2. The third-order valence-electron chi connectivity index (χ3n) is 3.63. The number of H-pyrrole nitrogens is 1. The Morgan fingerprint density at radius 1 is 1.38 bits per heavy atom. The summed E-state index contributed by atoms with van der Waals surface area (Å²) in [5.74, 6) is -0.123. The molecular formula is C16H23N3O2. The maximum Gasteiger partial charge on any atom is 0.267 e. The van der Waals surface area contributed by atoms with Crippen LogP contribution in [0.4, 0.5) is 5.69 Å². The average molecular weight is 289 g/mol. The summed E-state index contributed by atoms with van der Waals surface area (Å²) in [7, 11) is 0. The number of hydrogen-bond donors (Lipinski definition) is 4. The Kier molecular flexibility index (Phi) is 4.53. The van der Waals surface area contributed by atoms with E-state index in [9.17, 15) is 4.79 Å². The third-order valence-corrected chi connectivity index (χ3v) is 3.63. The van der Waals surface area contributed by atoms with Crippen LogP contribution in [-0.2, 0) is 0 Å². The van der Waals surface area contributed by atoms with Crippen LogP contribution in [-0.4, -0.2) is 29.1 Å². The van der Waals surface area contributed by atoms with Crippen LogP contribution < -0.4 is 11.1 Å². The summed E-state index contributed by atoms with van der Waals surface area (Å²) in [5.41, 5.74) is 7.82. The highest BCUT2D eigenvalue weighted by atomic mass is 16.2. The molecule has 0 unspecified atom stereocenters. The van der Waals surface area contributed by atoms with E-state index >= 15 is 0 Å². The van der Waals surface area contributed by atoms with Gasteiger partial charge in [0.25, 0.3) is 5.91 Å². The van der Waals surface area contributed by atoms with Crippen LogP contribution in [0.3, 0.4) is 0 Å². The highest BCUT2D eigenvalue weighted by Crippen LogP contribution is 2.22. The van der Waals surface area contributed by atoms with Gasteiger partial charge in [0, 0.05) is 29.7 Å². The summed E-state index contributed by atoms with van der Waals surface area (Å²) in [4.78, 5) is 15.3. The molecule has 0 atom stereocenters. The van der Waals surface area contributed by atoms with Crippen LogP contribution in [0.2, 0.25) is 0 Å². The molecule has 0 aliphatic rings. The molecule has 0 spiro atoms. The molecule has 21 heavy (non-hydrogen) atoms. The first-order valence-electron chi connectivity index (χ1n) is 7.19. The van der Waals surface area contributed by atoms with E-state index in [0.717, 1.165) is 23.7 Å². The molecule has 0 bridgehead atoms. The largest absolute Gasteiger partial charge is 0.399 e. The first-order chi connectivity index (χ1) is 9.91. The summed E-state index contributed by atoms with van der Waals surface area (Å²) >= 11 is 0. The molecule has 0 saturated carbocycles. The normalized spacial score (nSPS) is 11.8. The number of rotatable bonds is 6. The van der Waals surface area contributed by atoms with Crippen molar-refractivity contribution in [2.75, 3.05) is 18.9 Å². The SMILES string of the molecule is CC(C)(CCCO)CNC(=O)c1cc2cc(N)ccc2[nH]1. The highest BCUT2D eigenvalue weighted by molar-refractivity contribution is 5.98. The summed E-state index contributed by atoms with van der Waals surface area (Å²) in [6, 6.07) is 7.32. The van der Waals surface area contributed by atoms with E-state index in [2.05, 4.69) is 24.1 Å². The molecule has 5 N–H and O–H groups in total. The molecule has 5 heteroatoms. The molecule has 2 rings (SSSR count). The quantitative estimate of drug-likeness (QED) is 0.615. The number of nitrogens with two attached hydrogens (primary N) is 1. The van der Waals surface area contributed by atoms with Crippen molar-refractivity contribution in [2.24, 2.45) is 5.41 Å². The zero-order valence-corrected chi connectivity index (χ0v) is 12.6. The number of aliphatic hydroxyl groups excluding tert-OH is 1. The van der Waals surface area contributed by atoms with Crippen molar-refractivity contribution in [3.05, 3.63) is 30.0 Å². The van der Waals surface area contributed by atoms with Crippen LogP contribution in [0.1, 0.15) is 37.2 Å². The Hall–Kier alpha value is -2.01. The summed E-state index contributed by atoms with van der Waals surface area (Å²) in [5, 5.41) is 12.8. The standard InChI is InChI=1S/C16H23N3O2/c1-16(2,6-3-7-20)10-18-15(21)14-9-11-8-12(17)4-5-13(11)19-14/h4-5,8-9,19-20H,3,6-7,10,17H2,1-2H3,(H,18,21). The van der Waals surface area contributed by atoms with E-state index < -0.39 is 0 Å². The van der Waals surface area contributed by atoms with Gasteiger partial charge < -0.3 is 21.1 Å². The van der Waals surface area contributed by atoms with E-state index in [0.29, 0.717) is 17.9 Å². The lowest BCUT2D eigenvalue weighted by atomic mass is 9.88. The number of aromatic amines is 1. The molecule has 0 saturated heterocycles. The van der Waals surface area contributed by atoms with Crippen LogP contribution in [0.15, 0.2) is 24.3 Å². The molecule has 0 fully saturated rings. The second-order valence-corrected chi connectivity index (χ2v) is 6.20. The first-order valence-corrected chi connectivity index (χ1v) is 7.19. The minimum atomic E-state index is -0.123. The zero-order chi connectivity index (χ0) is 15.5. The second kappa shape index (κ2) is 6.18. The molecule has 1 amide bonds.